The number of halogens is 9. The van der Waals surface area contributed by atoms with Gasteiger partial charge in [-0.05, 0) is 6.42 Å². The molecule has 15 heavy (non-hydrogen) atoms. The first-order valence-electron chi connectivity index (χ1n) is 3.51. The van der Waals surface area contributed by atoms with Gasteiger partial charge >= 0.3 is 18.3 Å². The number of rotatable bonds is 2. The molecule has 0 aliphatic carbocycles. The van der Waals surface area contributed by atoms with Gasteiger partial charge in [-0.3, -0.25) is 0 Å². The summed E-state index contributed by atoms with van der Waals surface area (Å²) >= 11 is 0. The average molecular weight is 248 g/mol. The van der Waals surface area contributed by atoms with Crippen molar-refractivity contribution in [3.8, 4) is 0 Å². The zero-order valence-electron chi connectivity index (χ0n) is 7.11. The van der Waals surface area contributed by atoms with Crippen LogP contribution in [0.4, 0.5) is 39.5 Å². The quantitative estimate of drug-likeness (QED) is 0.651. The predicted molar refractivity (Wildman–Crippen MR) is 31.2 cm³/mol. The molecule has 0 amide bonds. The van der Waals surface area contributed by atoms with Gasteiger partial charge < -0.3 is 0 Å². The Morgan fingerprint density at radius 1 is 0.667 bits per heavy atom. The molecule has 1 atom stereocenters. The summed E-state index contributed by atoms with van der Waals surface area (Å²) in [5.41, 5.74) is -5.60. The normalized spacial score (nSPS) is 18.8. The number of alkyl halides is 9. The molecule has 9 heteroatoms. The van der Waals surface area contributed by atoms with Crippen LogP contribution in [-0.2, 0) is 0 Å². The molecule has 0 aromatic rings. The van der Waals surface area contributed by atoms with E-state index in [1.165, 1.54) is 0 Å². The highest BCUT2D eigenvalue weighted by Gasteiger charge is 2.80. The Morgan fingerprint density at radius 3 is 1.07 bits per heavy atom. The van der Waals surface area contributed by atoms with Gasteiger partial charge in [-0.15, -0.1) is 0 Å². The van der Waals surface area contributed by atoms with Gasteiger partial charge in [0, 0.05) is 0 Å². The van der Waals surface area contributed by atoms with E-state index in [0.717, 1.165) is 0 Å². The van der Waals surface area contributed by atoms with Crippen LogP contribution < -0.4 is 0 Å². The van der Waals surface area contributed by atoms with Gasteiger partial charge in [-0.2, -0.15) is 35.1 Å². The Hall–Kier alpha value is -0.630. The summed E-state index contributed by atoms with van der Waals surface area (Å²) in [7, 11) is 0. The molecule has 1 unspecified atom stereocenters. The summed E-state index contributed by atoms with van der Waals surface area (Å²) in [5.74, 6) is -6.47. The Labute approximate surface area is 78.1 Å². The summed E-state index contributed by atoms with van der Waals surface area (Å²) in [6, 6.07) is 0. The van der Waals surface area contributed by atoms with Gasteiger partial charge in [0.2, 0.25) is 0 Å². The topological polar surface area (TPSA) is 0 Å². The van der Waals surface area contributed by atoms with E-state index in [9.17, 15) is 39.5 Å². The molecule has 92 valence electrons. The molecule has 0 N–H and O–H groups in total. The van der Waals surface area contributed by atoms with Crippen LogP contribution in [0.2, 0.25) is 0 Å². The second-order valence-corrected chi connectivity index (χ2v) is 2.72. The molecule has 0 aromatic carbocycles. The molecule has 0 aliphatic heterocycles. The Kier molecular flexibility index (Phi) is 3.30. The van der Waals surface area contributed by atoms with E-state index in [0.29, 0.717) is 0 Å². The van der Waals surface area contributed by atoms with E-state index < -0.39 is 30.4 Å². The molecule has 0 aromatic heterocycles. The average Bonchev–Trinajstić information content (AvgIpc) is 1.98. The minimum Gasteiger partial charge on any atom is -0.227 e. The highest BCUT2D eigenvalue weighted by Crippen LogP contribution is 2.54. The lowest BCUT2D eigenvalue weighted by atomic mass is 9.93. The van der Waals surface area contributed by atoms with E-state index in [-0.39, 0.29) is 6.92 Å². The van der Waals surface area contributed by atoms with Crippen LogP contribution in [0, 0.1) is 0 Å². The second-order valence-electron chi connectivity index (χ2n) is 2.72. The zero-order valence-corrected chi connectivity index (χ0v) is 7.11. The third-order valence-electron chi connectivity index (χ3n) is 1.79. The van der Waals surface area contributed by atoms with E-state index in [2.05, 4.69) is 0 Å². The largest absolute Gasteiger partial charge is 0.457 e. The van der Waals surface area contributed by atoms with Gasteiger partial charge in [0.15, 0.2) is 0 Å². The van der Waals surface area contributed by atoms with Gasteiger partial charge in [-0.25, -0.2) is 4.39 Å². The first-order valence-corrected chi connectivity index (χ1v) is 3.51. The van der Waals surface area contributed by atoms with Gasteiger partial charge in [0.1, 0.15) is 0 Å². The smallest absolute Gasteiger partial charge is 0.227 e. The van der Waals surface area contributed by atoms with E-state index >= 15 is 0 Å². The Balaban J connectivity index is 5.50. The highest BCUT2D eigenvalue weighted by atomic mass is 19.4. The highest BCUT2D eigenvalue weighted by molar-refractivity contribution is 5.02. The van der Waals surface area contributed by atoms with Crippen molar-refractivity contribution in [2.45, 2.75) is 37.3 Å². The van der Waals surface area contributed by atoms with Gasteiger partial charge in [0.25, 0.3) is 5.67 Å². The lowest BCUT2D eigenvalue weighted by molar-refractivity contribution is -0.383. The fraction of sp³-hybridized carbons (Fsp3) is 1.00. The van der Waals surface area contributed by atoms with Crippen molar-refractivity contribution in [1.82, 2.24) is 0 Å². The maximum absolute atomic E-state index is 12.7. The van der Waals surface area contributed by atoms with Crippen LogP contribution in [0.3, 0.4) is 0 Å². The van der Waals surface area contributed by atoms with Crippen LogP contribution in [0.5, 0.6) is 0 Å². The zero-order chi connectivity index (χ0) is 12.7. The molecule has 0 radical (unpaired) electrons. The Morgan fingerprint density at radius 2 is 1.00 bits per heavy atom. The standard InChI is InChI=1S/C6H5F9/c1-2-3(7,5(10,11)12)4(8,9)6(13,14)15/h2H2,1H3. The summed E-state index contributed by atoms with van der Waals surface area (Å²) in [6.45, 7) is 0.257. The lowest BCUT2D eigenvalue weighted by Crippen LogP contribution is -2.61. The number of hydrogen-bond acceptors (Lipinski definition) is 0. The second kappa shape index (κ2) is 3.44. The van der Waals surface area contributed by atoms with Crippen LogP contribution in [0.1, 0.15) is 13.3 Å². The van der Waals surface area contributed by atoms with Crippen molar-refractivity contribution in [3.63, 3.8) is 0 Å². The molecular weight excluding hydrogens is 243 g/mol. The molecule has 0 aliphatic rings. The van der Waals surface area contributed by atoms with Gasteiger partial charge in [-0.1, -0.05) is 6.92 Å². The van der Waals surface area contributed by atoms with Gasteiger partial charge in [0.05, 0.1) is 0 Å². The van der Waals surface area contributed by atoms with E-state index in [4.69, 9.17) is 0 Å². The maximum Gasteiger partial charge on any atom is 0.457 e. The third-order valence-corrected chi connectivity index (χ3v) is 1.79. The molecule has 0 saturated heterocycles. The van der Waals surface area contributed by atoms with Crippen molar-refractivity contribution in [2.75, 3.05) is 0 Å². The number of hydrogen-bond donors (Lipinski definition) is 0. The third kappa shape index (κ3) is 2.00. The fourth-order valence-electron chi connectivity index (χ4n) is 0.825. The summed E-state index contributed by atoms with van der Waals surface area (Å²) < 4.78 is 107. The van der Waals surface area contributed by atoms with E-state index in [1.807, 2.05) is 0 Å². The predicted octanol–water partition coefficient (Wildman–Crippen LogP) is 3.86. The van der Waals surface area contributed by atoms with Crippen molar-refractivity contribution < 1.29 is 39.5 Å². The maximum atomic E-state index is 12.7. The molecule has 0 heterocycles. The van der Waals surface area contributed by atoms with Crippen molar-refractivity contribution >= 4 is 0 Å². The van der Waals surface area contributed by atoms with Crippen molar-refractivity contribution in [2.24, 2.45) is 0 Å². The minimum absolute atomic E-state index is 0.257. The van der Waals surface area contributed by atoms with E-state index in [1.54, 1.807) is 0 Å². The Bertz CT molecular complexity index is 224. The molecule has 0 rings (SSSR count). The van der Waals surface area contributed by atoms with Crippen LogP contribution in [0.25, 0.3) is 0 Å². The van der Waals surface area contributed by atoms with Crippen molar-refractivity contribution in [1.29, 1.82) is 0 Å². The first-order chi connectivity index (χ1) is 6.31. The van der Waals surface area contributed by atoms with Crippen LogP contribution in [0.15, 0.2) is 0 Å². The lowest BCUT2D eigenvalue weighted by Gasteiger charge is -2.34. The molecule has 0 fully saturated rings. The SMILES string of the molecule is CCC(F)(C(F)(F)F)C(F)(F)C(F)(F)F. The molecule has 0 bridgehead atoms. The summed E-state index contributed by atoms with van der Waals surface area (Å²) in [4.78, 5) is 0. The molecular formula is C6H5F9. The summed E-state index contributed by atoms with van der Waals surface area (Å²) in [6.07, 6.45) is -14.9. The fourth-order valence-corrected chi connectivity index (χ4v) is 0.825. The molecule has 0 saturated carbocycles. The summed E-state index contributed by atoms with van der Waals surface area (Å²) in [5, 5.41) is 0. The van der Waals surface area contributed by atoms with Crippen LogP contribution in [-0.4, -0.2) is 23.9 Å². The molecule has 0 spiro atoms. The molecule has 0 nitrogen and oxygen atoms in total. The monoisotopic (exact) mass is 248 g/mol. The minimum atomic E-state index is -6.59. The first kappa shape index (κ1) is 14.4. The van der Waals surface area contributed by atoms with Crippen LogP contribution >= 0.6 is 0 Å². The van der Waals surface area contributed by atoms with Crippen molar-refractivity contribution in [3.05, 3.63) is 0 Å².